The van der Waals surface area contributed by atoms with Crippen LogP contribution < -0.4 is 5.32 Å². The summed E-state index contributed by atoms with van der Waals surface area (Å²) in [7, 11) is 0. The summed E-state index contributed by atoms with van der Waals surface area (Å²) in [5.74, 6) is -0.547. The largest absolute Gasteiger partial charge is 0.348 e. The van der Waals surface area contributed by atoms with Crippen molar-refractivity contribution in [2.45, 2.75) is 13.0 Å². The minimum atomic E-state index is -0.625. The zero-order valence-electron chi connectivity index (χ0n) is 8.94. The van der Waals surface area contributed by atoms with Gasteiger partial charge in [0, 0.05) is 17.4 Å². The lowest BCUT2D eigenvalue weighted by molar-refractivity contribution is -0.385. The average Bonchev–Trinajstić information content (AvgIpc) is 2.28. The van der Waals surface area contributed by atoms with Gasteiger partial charge in [-0.25, -0.2) is 0 Å². The van der Waals surface area contributed by atoms with Crippen LogP contribution in [0.3, 0.4) is 0 Å². The van der Waals surface area contributed by atoms with E-state index in [1.165, 1.54) is 18.2 Å². The van der Waals surface area contributed by atoms with Crippen molar-refractivity contribution in [3.05, 3.63) is 38.9 Å². The molecule has 0 aliphatic carbocycles. The fraction of sp³-hybridized carbons (Fsp3) is 0.300. The molecule has 0 aliphatic heterocycles. The number of nitro groups is 1. The number of rotatable bonds is 4. The lowest BCUT2D eigenvalue weighted by atomic mass is 10.1. The fourth-order valence-electron chi connectivity index (χ4n) is 1.22. The molecule has 0 radical (unpaired) electrons. The fourth-order valence-corrected chi connectivity index (χ4v) is 1.64. The van der Waals surface area contributed by atoms with Crippen molar-refractivity contribution in [2.24, 2.45) is 0 Å². The van der Waals surface area contributed by atoms with E-state index in [9.17, 15) is 14.9 Å². The van der Waals surface area contributed by atoms with Crippen molar-refractivity contribution in [2.75, 3.05) is 5.33 Å². The second-order valence-electron chi connectivity index (χ2n) is 3.42. The maximum Gasteiger partial charge on any atom is 0.283 e. The average molecular weight is 322 g/mol. The Morgan fingerprint density at radius 2 is 2.29 bits per heavy atom. The smallest absolute Gasteiger partial charge is 0.283 e. The van der Waals surface area contributed by atoms with Gasteiger partial charge in [-0.3, -0.25) is 14.9 Å². The summed E-state index contributed by atoms with van der Waals surface area (Å²) in [6.07, 6.45) is 0. The first-order valence-corrected chi connectivity index (χ1v) is 6.27. The van der Waals surface area contributed by atoms with Gasteiger partial charge in [-0.15, -0.1) is 0 Å². The molecule has 1 aromatic carbocycles. The van der Waals surface area contributed by atoms with Crippen molar-refractivity contribution in [3.8, 4) is 0 Å². The molecule has 0 bridgehead atoms. The predicted octanol–water partition coefficient (Wildman–Crippen LogP) is 2.76. The van der Waals surface area contributed by atoms with Gasteiger partial charge in [0.25, 0.3) is 11.6 Å². The number of nitrogens with zero attached hydrogens (tertiary/aromatic N) is 1. The maximum absolute atomic E-state index is 11.8. The zero-order valence-corrected chi connectivity index (χ0v) is 11.3. The number of nitro benzene ring substituents is 1. The van der Waals surface area contributed by atoms with E-state index in [0.29, 0.717) is 5.33 Å². The third kappa shape index (κ3) is 3.41. The van der Waals surface area contributed by atoms with Crippen molar-refractivity contribution in [1.29, 1.82) is 0 Å². The Bertz CT molecular complexity index is 453. The first kappa shape index (κ1) is 13.9. The van der Waals surface area contributed by atoms with E-state index in [1.54, 1.807) is 6.92 Å². The van der Waals surface area contributed by atoms with Gasteiger partial charge >= 0.3 is 0 Å². The monoisotopic (exact) mass is 320 g/mol. The molecular formula is C10H10BrClN2O3. The van der Waals surface area contributed by atoms with E-state index >= 15 is 0 Å². The molecule has 0 heterocycles. The number of carbonyl (C=O) groups excluding carboxylic acids is 1. The number of hydrogen-bond donors (Lipinski definition) is 1. The van der Waals surface area contributed by atoms with Crippen LogP contribution in [-0.4, -0.2) is 22.2 Å². The van der Waals surface area contributed by atoms with Gasteiger partial charge in [0.15, 0.2) is 0 Å². The van der Waals surface area contributed by atoms with Crippen molar-refractivity contribution >= 4 is 39.1 Å². The lowest BCUT2D eigenvalue weighted by Crippen LogP contribution is -2.34. The van der Waals surface area contributed by atoms with Crippen LogP contribution in [0.25, 0.3) is 0 Å². The van der Waals surface area contributed by atoms with E-state index in [1.807, 2.05) is 0 Å². The van der Waals surface area contributed by atoms with E-state index < -0.39 is 10.8 Å². The Hall–Kier alpha value is -1.14. The molecule has 1 unspecified atom stereocenters. The number of carbonyl (C=O) groups is 1. The van der Waals surface area contributed by atoms with E-state index in [4.69, 9.17) is 11.6 Å². The SMILES string of the molecule is CC(CBr)NC(=O)c1c(Cl)cccc1[N+](=O)[O-]. The lowest BCUT2D eigenvalue weighted by Gasteiger charge is -2.11. The van der Waals surface area contributed by atoms with Gasteiger partial charge in [-0.1, -0.05) is 33.6 Å². The molecule has 0 fully saturated rings. The van der Waals surface area contributed by atoms with Crippen molar-refractivity contribution in [3.63, 3.8) is 0 Å². The first-order chi connectivity index (χ1) is 7.97. The highest BCUT2D eigenvalue weighted by Gasteiger charge is 2.23. The zero-order chi connectivity index (χ0) is 13.0. The molecule has 92 valence electrons. The van der Waals surface area contributed by atoms with Gasteiger partial charge in [0.2, 0.25) is 0 Å². The summed E-state index contributed by atoms with van der Waals surface area (Å²) in [4.78, 5) is 22.0. The highest BCUT2D eigenvalue weighted by molar-refractivity contribution is 9.09. The van der Waals surface area contributed by atoms with Crippen LogP contribution in [0.2, 0.25) is 5.02 Å². The van der Waals surface area contributed by atoms with Gasteiger partial charge in [-0.2, -0.15) is 0 Å². The third-order valence-corrected chi connectivity index (χ3v) is 3.31. The van der Waals surface area contributed by atoms with Gasteiger partial charge in [-0.05, 0) is 13.0 Å². The first-order valence-electron chi connectivity index (χ1n) is 4.77. The molecule has 1 atom stereocenters. The van der Waals surface area contributed by atoms with Crippen LogP contribution in [0.4, 0.5) is 5.69 Å². The van der Waals surface area contributed by atoms with E-state index in [-0.39, 0.29) is 22.3 Å². The standard InChI is InChI=1S/C10H10BrClN2O3/c1-6(5-11)13-10(15)9-7(12)3-2-4-8(9)14(16)17/h2-4,6H,5H2,1H3,(H,13,15). The quantitative estimate of drug-likeness (QED) is 0.526. The number of amides is 1. The number of nitrogens with one attached hydrogen (secondary N) is 1. The molecule has 0 saturated carbocycles. The number of alkyl halides is 1. The second kappa shape index (κ2) is 5.97. The van der Waals surface area contributed by atoms with E-state index in [2.05, 4.69) is 21.2 Å². The molecule has 0 saturated heterocycles. The van der Waals surface area contributed by atoms with Crippen LogP contribution in [-0.2, 0) is 0 Å². The van der Waals surface area contributed by atoms with Crippen molar-refractivity contribution < 1.29 is 9.72 Å². The summed E-state index contributed by atoms with van der Waals surface area (Å²) in [6, 6.07) is 3.99. The Balaban J connectivity index is 3.11. The van der Waals surface area contributed by atoms with Gasteiger partial charge in [0.1, 0.15) is 5.56 Å². The molecule has 7 heteroatoms. The molecule has 1 rings (SSSR count). The van der Waals surface area contributed by atoms with E-state index in [0.717, 1.165) is 0 Å². The molecule has 5 nitrogen and oxygen atoms in total. The molecule has 1 N–H and O–H groups in total. The number of benzene rings is 1. The normalized spacial score (nSPS) is 11.9. The Kier molecular flexibility index (Phi) is 4.89. The van der Waals surface area contributed by atoms with Gasteiger partial charge < -0.3 is 5.32 Å². The second-order valence-corrected chi connectivity index (χ2v) is 4.47. The maximum atomic E-state index is 11.8. The molecule has 17 heavy (non-hydrogen) atoms. The molecule has 1 amide bonds. The molecule has 0 spiro atoms. The Morgan fingerprint density at radius 3 is 2.82 bits per heavy atom. The molecule has 0 aromatic heterocycles. The number of hydrogen-bond acceptors (Lipinski definition) is 3. The Labute approximate surface area is 111 Å². The Morgan fingerprint density at radius 1 is 1.65 bits per heavy atom. The minimum absolute atomic E-state index is 0.0680. The minimum Gasteiger partial charge on any atom is -0.348 e. The highest BCUT2D eigenvalue weighted by Crippen LogP contribution is 2.26. The third-order valence-electron chi connectivity index (χ3n) is 2.02. The predicted molar refractivity (Wildman–Crippen MR) is 68.8 cm³/mol. The topological polar surface area (TPSA) is 72.2 Å². The molecule has 0 aliphatic rings. The van der Waals surface area contributed by atoms with Crippen LogP contribution in [0.1, 0.15) is 17.3 Å². The highest BCUT2D eigenvalue weighted by atomic mass is 79.9. The van der Waals surface area contributed by atoms with Crippen LogP contribution in [0, 0.1) is 10.1 Å². The van der Waals surface area contributed by atoms with Gasteiger partial charge in [0.05, 0.1) is 9.95 Å². The number of halogens is 2. The van der Waals surface area contributed by atoms with Crippen LogP contribution in [0.15, 0.2) is 18.2 Å². The summed E-state index contributed by atoms with van der Waals surface area (Å²) in [5.41, 5.74) is -0.399. The molecular weight excluding hydrogens is 311 g/mol. The summed E-state index contributed by atoms with van der Waals surface area (Å²) < 4.78 is 0. The molecule has 1 aromatic rings. The summed E-state index contributed by atoms with van der Waals surface area (Å²) in [6.45, 7) is 1.77. The van der Waals surface area contributed by atoms with Crippen LogP contribution in [0.5, 0.6) is 0 Å². The van der Waals surface area contributed by atoms with Crippen LogP contribution >= 0.6 is 27.5 Å². The summed E-state index contributed by atoms with van der Waals surface area (Å²) >= 11 is 9.02. The van der Waals surface area contributed by atoms with Crippen molar-refractivity contribution in [1.82, 2.24) is 5.32 Å². The summed E-state index contributed by atoms with van der Waals surface area (Å²) in [5, 5.41) is 14.0.